The predicted molar refractivity (Wildman–Crippen MR) is 68.8 cm³/mol. The van der Waals surface area contributed by atoms with Crippen molar-refractivity contribution in [3.05, 3.63) is 24.8 Å². The Labute approximate surface area is 108 Å². The molecule has 0 heterocycles. The van der Waals surface area contributed by atoms with Gasteiger partial charge in [-0.2, -0.15) is 0 Å². The van der Waals surface area contributed by atoms with Crippen LogP contribution in [0.25, 0.3) is 0 Å². The third-order valence-electron chi connectivity index (χ3n) is 2.21. The summed E-state index contributed by atoms with van der Waals surface area (Å²) in [6.45, 7) is 7.55. The lowest BCUT2D eigenvalue weighted by Crippen LogP contribution is -2.48. The molecule has 0 radical (unpaired) electrons. The highest BCUT2D eigenvalue weighted by atomic mass is 16.5. The van der Waals surface area contributed by atoms with Gasteiger partial charge in [0.25, 0.3) is 0 Å². The van der Waals surface area contributed by atoms with E-state index in [4.69, 9.17) is 15.2 Å². The topological polar surface area (TPSA) is 78.6 Å². The van der Waals surface area contributed by atoms with Gasteiger partial charge >= 0.3 is 11.9 Å². The van der Waals surface area contributed by atoms with Crippen molar-refractivity contribution in [3.63, 3.8) is 0 Å². The quantitative estimate of drug-likeness (QED) is 0.402. The Morgan fingerprint density at radius 1 is 1.22 bits per heavy atom. The summed E-state index contributed by atoms with van der Waals surface area (Å²) in [6.07, 6.45) is 4.79. The van der Waals surface area contributed by atoms with Gasteiger partial charge in [0.05, 0.1) is 13.2 Å². The highest BCUT2D eigenvalue weighted by Crippen LogP contribution is 2.16. The largest absolute Gasteiger partial charge is 0.465 e. The Hall–Kier alpha value is -1.62. The molecule has 0 rings (SSSR count). The van der Waals surface area contributed by atoms with Crippen molar-refractivity contribution < 1.29 is 19.1 Å². The summed E-state index contributed by atoms with van der Waals surface area (Å²) < 4.78 is 9.62. The molecule has 102 valence electrons. The average Bonchev–Trinajstić information content (AvgIpc) is 2.30. The lowest BCUT2D eigenvalue weighted by molar-refractivity contribution is -0.149. The first-order valence-corrected chi connectivity index (χ1v) is 5.90. The van der Waals surface area contributed by atoms with Crippen molar-refractivity contribution in [2.45, 2.75) is 32.2 Å². The molecule has 0 aliphatic rings. The van der Waals surface area contributed by atoms with Gasteiger partial charge in [-0.1, -0.05) is 12.2 Å². The van der Waals surface area contributed by atoms with Gasteiger partial charge < -0.3 is 15.2 Å². The van der Waals surface area contributed by atoms with E-state index >= 15 is 0 Å². The van der Waals surface area contributed by atoms with Gasteiger partial charge in [0.15, 0.2) is 0 Å². The number of carbonyl (C=O) groups excluding carboxylic acids is 2. The van der Waals surface area contributed by atoms with E-state index in [1.807, 2.05) is 0 Å². The van der Waals surface area contributed by atoms with Crippen molar-refractivity contribution in [2.75, 3.05) is 13.2 Å². The summed E-state index contributed by atoms with van der Waals surface area (Å²) in [6, 6.07) is 0. The van der Waals surface area contributed by atoms with E-state index in [2.05, 4.69) is 6.58 Å². The standard InChI is InChI=1S/C13H21NO4/c1-4-9-13(14,12(16)18-6-3)10-7-8-11(15)17-5-2/h4,7-8H,1,5-6,9-10,14H2,2-3H3/b8-7+. The second-order valence-corrected chi connectivity index (χ2v) is 3.73. The minimum Gasteiger partial charge on any atom is -0.465 e. The van der Waals surface area contributed by atoms with Crippen LogP contribution in [0.1, 0.15) is 26.7 Å². The van der Waals surface area contributed by atoms with Gasteiger partial charge in [-0.25, -0.2) is 4.79 Å². The molecule has 0 spiro atoms. The smallest absolute Gasteiger partial charge is 0.330 e. The molecule has 0 aliphatic heterocycles. The molecule has 1 atom stereocenters. The average molecular weight is 255 g/mol. The van der Waals surface area contributed by atoms with E-state index in [9.17, 15) is 9.59 Å². The second-order valence-electron chi connectivity index (χ2n) is 3.73. The summed E-state index contributed by atoms with van der Waals surface area (Å²) in [5, 5.41) is 0. The number of hydrogen-bond donors (Lipinski definition) is 1. The van der Waals surface area contributed by atoms with Crippen LogP contribution in [-0.4, -0.2) is 30.7 Å². The first kappa shape index (κ1) is 16.4. The van der Waals surface area contributed by atoms with Crippen LogP contribution in [0.5, 0.6) is 0 Å². The number of nitrogens with two attached hydrogens (primary N) is 1. The molecular weight excluding hydrogens is 234 g/mol. The SMILES string of the molecule is C=CCC(N)(C/C=C/C(=O)OCC)C(=O)OCC. The van der Waals surface area contributed by atoms with Crippen LogP contribution in [0.15, 0.2) is 24.8 Å². The highest BCUT2D eigenvalue weighted by molar-refractivity contribution is 5.83. The van der Waals surface area contributed by atoms with E-state index < -0.39 is 17.5 Å². The molecule has 0 amide bonds. The summed E-state index contributed by atoms with van der Waals surface area (Å²) in [4.78, 5) is 22.8. The first-order valence-electron chi connectivity index (χ1n) is 5.90. The normalized spacial score (nSPS) is 13.9. The number of carbonyl (C=O) groups is 2. The lowest BCUT2D eigenvalue weighted by atomic mass is 9.92. The van der Waals surface area contributed by atoms with Gasteiger partial charge in [-0.3, -0.25) is 4.79 Å². The summed E-state index contributed by atoms with van der Waals surface area (Å²) in [7, 11) is 0. The van der Waals surface area contributed by atoms with Gasteiger partial charge in [0, 0.05) is 6.08 Å². The molecule has 5 nitrogen and oxygen atoms in total. The molecule has 0 aromatic carbocycles. The Bertz CT molecular complexity index is 325. The molecule has 0 saturated carbocycles. The van der Waals surface area contributed by atoms with Gasteiger partial charge in [-0.15, -0.1) is 6.58 Å². The van der Waals surface area contributed by atoms with Crippen LogP contribution < -0.4 is 5.73 Å². The fourth-order valence-electron chi connectivity index (χ4n) is 1.34. The second kappa shape index (κ2) is 8.47. The number of rotatable bonds is 8. The van der Waals surface area contributed by atoms with Crippen molar-refractivity contribution in [1.29, 1.82) is 0 Å². The van der Waals surface area contributed by atoms with E-state index in [1.165, 1.54) is 12.2 Å². The minimum absolute atomic E-state index is 0.191. The van der Waals surface area contributed by atoms with E-state index in [0.717, 1.165) is 0 Å². The monoisotopic (exact) mass is 255 g/mol. The number of esters is 2. The first-order chi connectivity index (χ1) is 8.50. The van der Waals surface area contributed by atoms with E-state index in [0.29, 0.717) is 6.61 Å². The maximum atomic E-state index is 11.7. The Morgan fingerprint density at radius 2 is 1.83 bits per heavy atom. The molecule has 0 aromatic rings. The van der Waals surface area contributed by atoms with Gasteiger partial charge in [-0.05, 0) is 26.7 Å². The number of hydrogen-bond acceptors (Lipinski definition) is 5. The van der Waals surface area contributed by atoms with Crippen molar-refractivity contribution >= 4 is 11.9 Å². The zero-order valence-corrected chi connectivity index (χ0v) is 11.0. The van der Waals surface area contributed by atoms with Crippen molar-refractivity contribution in [2.24, 2.45) is 5.73 Å². The van der Waals surface area contributed by atoms with Crippen LogP contribution in [0.3, 0.4) is 0 Å². The zero-order chi connectivity index (χ0) is 14.0. The zero-order valence-electron chi connectivity index (χ0n) is 11.0. The van der Waals surface area contributed by atoms with E-state index in [-0.39, 0.29) is 19.4 Å². The van der Waals surface area contributed by atoms with Crippen molar-refractivity contribution in [1.82, 2.24) is 0 Å². The molecule has 5 heteroatoms. The third-order valence-corrected chi connectivity index (χ3v) is 2.21. The summed E-state index contributed by atoms with van der Waals surface area (Å²) >= 11 is 0. The van der Waals surface area contributed by atoms with Crippen LogP contribution >= 0.6 is 0 Å². The molecular formula is C13H21NO4. The Balaban J connectivity index is 4.56. The molecule has 0 aromatic heterocycles. The molecule has 1 unspecified atom stereocenters. The summed E-state index contributed by atoms with van der Waals surface area (Å²) in [5.74, 6) is -0.958. The highest BCUT2D eigenvalue weighted by Gasteiger charge is 2.33. The van der Waals surface area contributed by atoms with Crippen LogP contribution in [-0.2, 0) is 19.1 Å². The molecule has 18 heavy (non-hydrogen) atoms. The Morgan fingerprint density at radius 3 is 2.33 bits per heavy atom. The maximum Gasteiger partial charge on any atom is 0.330 e. The van der Waals surface area contributed by atoms with Crippen LogP contribution in [0, 0.1) is 0 Å². The van der Waals surface area contributed by atoms with Gasteiger partial charge in [0.2, 0.25) is 0 Å². The summed E-state index contributed by atoms with van der Waals surface area (Å²) in [5.41, 5.74) is 4.77. The lowest BCUT2D eigenvalue weighted by Gasteiger charge is -2.24. The molecule has 0 saturated heterocycles. The maximum absolute atomic E-state index is 11.7. The van der Waals surface area contributed by atoms with Gasteiger partial charge in [0.1, 0.15) is 5.54 Å². The van der Waals surface area contributed by atoms with Crippen molar-refractivity contribution in [3.8, 4) is 0 Å². The molecule has 2 N–H and O–H groups in total. The van der Waals surface area contributed by atoms with E-state index in [1.54, 1.807) is 19.9 Å². The minimum atomic E-state index is -1.18. The number of ether oxygens (including phenoxy) is 2. The Kier molecular flexibility index (Phi) is 7.71. The fraction of sp³-hybridized carbons (Fsp3) is 0.538. The van der Waals surface area contributed by atoms with Crippen LogP contribution in [0.2, 0.25) is 0 Å². The fourth-order valence-corrected chi connectivity index (χ4v) is 1.34. The van der Waals surface area contributed by atoms with Crippen LogP contribution in [0.4, 0.5) is 0 Å². The third kappa shape index (κ3) is 5.63. The molecule has 0 fully saturated rings. The molecule has 0 aliphatic carbocycles. The predicted octanol–water partition coefficient (Wildman–Crippen LogP) is 1.33. The molecule has 0 bridgehead atoms.